The number of fused-ring (bicyclic) bond motifs is 1. The number of nitrogens with one attached hydrogen (secondary N) is 1. The Morgan fingerprint density at radius 2 is 1.65 bits per heavy atom. The molecular formula is C23H36N3O4S+. The van der Waals surface area contributed by atoms with E-state index in [0.717, 1.165) is 17.1 Å². The van der Waals surface area contributed by atoms with Crippen LogP contribution in [0.1, 0.15) is 46.0 Å². The first-order valence-corrected chi connectivity index (χ1v) is 12.3. The van der Waals surface area contributed by atoms with Gasteiger partial charge in [0.1, 0.15) is 6.04 Å². The van der Waals surface area contributed by atoms with Gasteiger partial charge in [-0.1, -0.05) is 44.5 Å². The van der Waals surface area contributed by atoms with Gasteiger partial charge in [0.05, 0.1) is 10.9 Å². The summed E-state index contributed by atoms with van der Waals surface area (Å²) < 4.78 is 27.8. The van der Waals surface area contributed by atoms with E-state index in [9.17, 15) is 18.3 Å². The molecule has 0 saturated heterocycles. The predicted molar refractivity (Wildman–Crippen MR) is 125 cm³/mol. The van der Waals surface area contributed by atoms with Crippen LogP contribution in [0.4, 0.5) is 5.69 Å². The number of hydrogen-bond donors (Lipinski definition) is 3. The average molecular weight is 451 g/mol. The second-order valence-electron chi connectivity index (χ2n) is 8.71. The van der Waals surface area contributed by atoms with Crippen molar-refractivity contribution in [2.45, 2.75) is 62.9 Å². The highest BCUT2D eigenvalue weighted by Crippen LogP contribution is 2.30. The molecule has 1 saturated carbocycles. The lowest BCUT2D eigenvalue weighted by atomic mass is 9.97. The fourth-order valence-corrected chi connectivity index (χ4v) is 5.34. The summed E-state index contributed by atoms with van der Waals surface area (Å²) in [5.74, 6) is -1.56. The molecule has 1 unspecified atom stereocenters. The lowest BCUT2D eigenvalue weighted by molar-refractivity contribution is -0.425. The standard InChI is InChI=1S/C17H22N2O4S.C6H13N/c1-11(2)16(17(20)21)18-24(22,23)15-10-6-7-12-13(15)8-5-9-14(12)19(3)4;7-6-4-2-1-3-5-6/h5-11,16,18H,1-4H3,(H,20,21);6H,1-5,7H2/p+1. The van der Waals surface area contributed by atoms with Crippen LogP contribution in [-0.2, 0) is 14.8 Å². The topological polar surface area (TPSA) is 114 Å². The number of carboxylic acids is 1. The van der Waals surface area contributed by atoms with Crippen molar-refractivity contribution in [2.75, 3.05) is 19.0 Å². The van der Waals surface area contributed by atoms with Gasteiger partial charge < -0.3 is 15.7 Å². The number of anilines is 1. The van der Waals surface area contributed by atoms with E-state index < -0.39 is 22.0 Å². The highest BCUT2D eigenvalue weighted by atomic mass is 32.2. The van der Waals surface area contributed by atoms with Crippen molar-refractivity contribution in [2.24, 2.45) is 5.92 Å². The molecule has 0 radical (unpaired) electrons. The molecule has 0 spiro atoms. The maximum absolute atomic E-state index is 12.8. The fourth-order valence-electron chi connectivity index (χ4n) is 3.78. The number of sulfonamides is 1. The molecule has 31 heavy (non-hydrogen) atoms. The lowest BCUT2D eigenvalue weighted by Crippen LogP contribution is -2.61. The van der Waals surface area contributed by atoms with E-state index in [1.807, 2.05) is 31.1 Å². The third kappa shape index (κ3) is 6.66. The normalized spacial score (nSPS) is 15.9. The predicted octanol–water partition coefficient (Wildman–Crippen LogP) is 2.85. The number of quaternary nitrogens is 1. The highest BCUT2D eigenvalue weighted by Gasteiger charge is 2.29. The Hall–Kier alpha value is -2.16. The zero-order valence-corrected chi connectivity index (χ0v) is 19.8. The number of rotatable bonds is 6. The van der Waals surface area contributed by atoms with Gasteiger partial charge in [0, 0.05) is 30.6 Å². The van der Waals surface area contributed by atoms with Gasteiger partial charge in [0.2, 0.25) is 10.0 Å². The molecule has 172 valence electrons. The Bertz CT molecular complexity index is 983. The van der Waals surface area contributed by atoms with Crippen molar-refractivity contribution < 1.29 is 24.1 Å². The molecule has 2 aromatic carbocycles. The molecule has 0 aromatic heterocycles. The smallest absolute Gasteiger partial charge is 0.322 e. The van der Waals surface area contributed by atoms with Crippen molar-refractivity contribution in [1.82, 2.24) is 4.72 Å². The van der Waals surface area contributed by atoms with Gasteiger partial charge in [-0.05, 0) is 43.7 Å². The molecular weight excluding hydrogens is 414 g/mol. The second kappa shape index (κ2) is 10.9. The average Bonchev–Trinajstić information content (AvgIpc) is 2.71. The SMILES string of the molecule is CC(C)C(NS(=O)(=O)c1cccc2c(N(C)C)cccc12)C(=O)O.[NH3+]C1CCCCC1. The van der Waals surface area contributed by atoms with Crippen molar-refractivity contribution in [1.29, 1.82) is 0 Å². The van der Waals surface area contributed by atoms with Crippen molar-refractivity contribution in [3.8, 4) is 0 Å². The van der Waals surface area contributed by atoms with Gasteiger partial charge in [-0.25, -0.2) is 8.42 Å². The molecule has 8 heteroatoms. The van der Waals surface area contributed by atoms with E-state index >= 15 is 0 Å². The number of aliphatic carboxylic acids is 1. The van der Waals surface area contributed by atoms with Crippen LogP contribution in [-0.4, -0.2) is 45.7 Å². The van der Waals surface area contributed by atoms with Crippen LogP contribution in [0, 0.1) is 5.92 Å². The largest absolute Gasteiger partial charge is 0.480 e. The van der Waals surface area contributed by atoms with Crippen LogP contribution in [0.15, 0.2) is 41.3 Å². The van der Waals surface area contributed by atoms with E-state index in [1.165, 1.54) is 38.2 Å². The molecule has 5 N–H and O–H groups in total. The second-order valence-corrected chi connectivity index (χ2v) is 10.4. The molecule has 1 atom stereocenters. The number of hydrogen-bond acceptors (Lipinski definition) is 4. The summed E-state index contributed by atoms with van der Waals surface area (Å²) >= 11 is 0. The van der Waals surface area contributed by atoms with Crippen LogP contribution in [0.25, 0.3) is 10.8 Å². The zero-order chi connectivity index (χ0) is 23.2. The van der Waals surface area contributed by atoms with Crippen molar-refractivity contribution in [3.05, 3.63) is 36.4 Å². The Labute approximate surface area is 185 Å². The van der Waals surface area contributed by atoms with Crippen LogP contribution in [0.5, 0.6) is 0 Å². The van der Waals surface area contributed by atoms with Crippen LogP contribution < -0.4 is 15.4 Å². The summed E-state index contributed by atoms with van der Waals surface area (Å²) in [6.07, 6.45) is 7.05. The van der Waals surface area contributed by atoms with E-state index in [2.05, 4.69) is 10.5 Å². The van der Waals surface area contributed by atoms with Crippen LogP contribution in [0.2, 0.25) is 0 Å². The molecule has 0 aliphatic heterocycles. The van der Waals surface area contributed by atoms with Crippen LogP contribution >= 0.6 is 0 Å². The summed E-state index contributed by atoms with van der Waals surface area (Å²) in [6.45, 7) is 3.32. The minimum absolute atomic E-state index is 0.0793. The summed E-state index contributed by atoms with van der Waals surface area (Å²) in [5, 5.41) is 10.6. The molecule has 3 rings (SSSR count). The minimum Gasteiger partial charge on any atom is -0.480 e. The van der Waals surface area contributed by atoms with E-state index in [0.29, 0.717) is 5.39 Å². The Morgan fingerprint density at radius 3 is 2.13 bits per heavy atom. The molecule has 7 nitrogen and oxygen atoms in total. The summed E-state index contributed by atoms with van der Waals surface area (Å²) in [6, 6.07) is 10.0. The van der Waals surface area contributed by atoms with Gasteiger partial charge in [0.15, 0.2) is 0 Å². The van der Waals surface area contributed by atoms with Gasteiger partial charge in [-0.15, -0.1) is 0 Å². The minimum atomic E-state index is -3.97. The van der Waals surface area contributed by atoms with E-state index in [4.69, 9.17) is 0 Å². The summed E-state index contributed by atoms with van der Waals surface area (Å²) in [5.41, 5.74) is 4.89. The van der Waals surface area contributed by atoms with Crippen molar-refractivity contribution in [3.63, 3.8) is 0 Å². The van der Waals surface area contributed by atoms with Gasteiger partial charge in [-0.3, -0.25) is 4.79 Å². The zero-order valence-electron chi connectivity index (χ0n) is 19.0. The monoisotopic (exact) mass is 450 g/mol. The molecule has 0 bridgehead atoms. The number of nitrogens with zero attached hydrogens (tertiary/aromatic N) is 1. The van der Waals surface area contributed by atoms with Crippen molar-refractivity contribution >= 4 is 32.5 Å². The first-order chi connectivity index (χ1) is 14.5. The first kappa shape index (κ1) is 25.1. The van der Waals surface area contributed by atoms with Gasteiger partial charge in [0.25, 0.3) is 0 Å². The Balaban J connectivity index is 0.000000412. The number of carbonyl (C=O) groups is 1. The van der Waals surface area contributed by atoms with Gasteiger partial charge >= 0.3 is 5.97 Å². The number of benzene rings is 2. The number of carboxylic acid groups (broad SMARTS) is 1. The Morgan fingerprint density at radius 1 is 1.06 bits per heavy atom. The Kier molecular flexibility index (Phi) is 8.85. The van der Waals surface area contributed by atoms with E-state index in [1.54, 1.807) is 32.0 Å². The molecule has 2 aromatic rings. The van der Waals surface area contributed by atoms with E-state index in [-0.39, 0.29) is 10.8 Å². The van der Waals surface area contributed by atoms with Crippen LogP contribution in [0.3, 0.4) is 0 Å². The fraction of sp³-hybridized carbons (Fsp3) is 0.522. The lowest BCUT2D eigenvalue weighted by Gasteiger charge is -2.20. The summed E-state index contributed by atoms with van der Waals surface area (Å²) in [7, 11) is -0.203. The molecule has 0 amide bonds. The first-order valence-electron chi connectivity index (χ1n) is 10.8. The highest BCUT2D eigenvalue weighted by molar-refractivity contribution is 7.89. The quantitative estimate of drug-likeness (QED) is 0.626. The molecule has 1 aliphatic rings. The molecule has 1 aliphatic carbocycles. The maximum atomic E-state index is 12.8. The third-order valence-electron chi connectivity index (χ3n) is 5.57. The van der Waals surface area contributed by atoms with Gasteiger partial charge in [-0.2, -0.15) is 4.72 Å². The molecule has 0 heterocycles. The molecule has 1 fully saturated rings. The maximum Gasteiger partial charge on any atom is 0.322 e. The summed E-state index contributed by atoms with van der Waals surface area (Å²) in [4.78, 5) is 13.3. The third-order valence-corrected chi connectivity index (χ3v) is 7.07.